The lowest BCUT2D eigenvalue weighted by Gasteiger charge is -2.05. The summed E-state index contributed by atoms with van der Waals surface area (Å²) in [7, 11) is 3.99. The quantitative estimate of drug-likeness (QED) is 0.653. The summed E-state index contributed by atoms with van der Waals surface area (Å²) in [5, 5.41) is 0. The highest BCUT2D eigenvalue weighted by Gasteiger charge is 1.97. The van der Waals surface area contributed by atoms with Crippen molar-refractivity contribution in [2.24, 2.45) is 0 Å². The molecule has 0 aliphatic rings. The highest BCUT2D eigenvalue weighted by Crippen LogP contribution is 2.02. The van der Waals surface area contributed by atoms with Crippen LogP contribution < -0.4 is 0 Å². The lowest BCUT2D eigenvalue weighted by atomic mass is 10.3. The average Bonchev–Trinajstić information content (AvgIpc) is 2.34. The highest BCUT2D eigenvalue weighted by atomic mass is 16.1. The Morgan fingerprint density at radius 3 is 2.82 bits per heavy atom. The van der Waals surface area contributed by atoms with Crippen LogP contribution in [-0.4, -0.2) is 30.3 Å². The van der Waals surface area contributed by atoms with Gasteiger partial charge in [0, 0.05) is 12.7 Å². The molecule has 1 rings (SSSR count). The van der Waals surface area contributed by atoms with Gasteiger partial charge in [-0.05, 0) is 25.7 Å². The number of nitrogens with zero attached hydrogens (tertiary/aromatic N) is 1. The molecule has 1 aromatic rings. The molecule has 0 amide bonds. The summed E-state index contributed by atoms with van der Waals surface area (Å²) in [4.78, 5) is 15.2. The monoisotopic (exact) mass is 152 g/mol. The maximum Gasteiger partial charge on any atom is 0.166 e. The van der Waals surface area contributed by atoms with Crippen LogP contribution in [0.25, 0.3) is 0 Å². The van der Waals surface area contributed by atoms with Crippen LogP contribution in [0.15, 0.2) is 12.3 Å². The minimum atomic E-state index is 0.641. The molecule has 3 nitrogen and oxygen atoms in total. The Morgan fingerprint density at radius 1 is 1.64 bits per heavy atom. The van der Waals surface area contributed by atoms with E-state index in [0.717, 1.165) is 18.4 Å². The second kappa shape index (κ2) is 3.34. The number of H-pyrrole nitrogens is 1. The molecule has 0 radical (unpaired) electrons. The number of carbonyl (C=O) groups is 1. The molecule has 1 N–H and O–H groups in total. The Morgan fingerprint density at radius 2 is 2.36 bits per heavy atom. The normalized spacial score (nSPS) is 10.5. The number of nitrogens with one attached hydrogen (secondary N) is 1. The van der Waals surface area contributed by atoms with E-state index in [0.29, 0.717) is 5.69 Å². The van der Waals surface area contributed by atoms with E-state index in [1.807, 2.05) is 26.4 Å². The van der Waals surface area contributed by atoms with Gasteiger partial charge in [-0.2, -0.15) is 0 Å². The summed E-state index contributed by atoms with van der Waals surface area (Å²) in [6.45, 7) is 0.865. The van der Waals surface area contributed by atoms with Crippen LogP contribution in [0.2, 0.25) is 0 Å². The summed E-state index contributed by atoms with van der Waals surface area (Å²) in [6, 6.07) is 1.85. The van der Waals surface area contributed by atoms with Crippen molar-refractivity contribution in [1.82, 2.24) is 9.88 Å². The van der Waals surface area contributed by atoms with Gasteiger partial charge in [0.05, 0.1) is 5.69 Å². The standard InChI is InChI=1S/C8H12N2O/c1-10(2)5-7-3-8(6-11)9-4-7/h3-4,6,9H,5H2,1-2H3. The molecule has 0 aliphatic heterocycles. The molecule has 0 unspecified atom stereocenters. The van der Waals surface area contributed by atoms with E-state index >= 15 is 0 Å². The number of carbonyl (C=O) groups excluding carboxylic acids is 1. The van der Waals surface area contributed by atoms with Gasteiger partial charge >= 0.3 is 0 Å². The molecule has 0 atom stereocenters. The molecule has 60 valence electrons. The Kier molecular flexibility index (Phi) is 2.44. The number of aromatic nitrogens is 1. The van der Waals surface area contributed by atoms with E-state index in [1.165, 1.54) is 0 Å². The van der Waals surface area contributed by atoms with E-state index < -0.39 is 0 Å². The lowest BCUT2D eigenvalue weighted by molar-refractivity contribution is 0.111. The molecule has 1 aromatic heterocycles. The maximum absolute atomic E-state index is 10.3. The number of rotatable bonds is 3. The van der Waals surface area contributed by atoms with Crippen LogP contribution in [0.4, 0.5) is 0 Å². The lowest BCUT2D eigenvalue weighted by Crippen LogP contribution is -2.09. The number of hydrogen-bond acceptors (Lipinski definition) is 2. The number of hydrogen-bond donors (Lipinski definition) is 1. The van der Waals surface area contributed by atoms with Gasteiger partial charge in [-0.1, -0.05) is 0 Å². The molecule has 0 spiro atoms. The molecule has 0 saturated carbocycles. The summed E-state index contributed by atoms with van der Waals surface area (Å²) in [5.74, 6) is 0. The van der Waals surface area contributed by atoms with E-state index in [1.54, 1.807) is 0 Å². The zero-order valence-electron chi connectivity index (χ0n) is 6.79. The first-order valence-electron chi connectivity index (χ1n) is 3.49. The van der Waals surface area contributed by atoms with Crippen molar-refractivity contribution in [3.8, 4) is 0 Å². The molecule has 0 aromatic carbocycles. The minimum Gasteiger partial charge on any atom is -0.359 e. The fraction of sp³-hybridized carbons (Fsp3) is 0.375. The van der Waals surface area contributed by atoms with Crippen LogP contribution in [0.5, 0.6) is 0 Å². The van der Waals surface area contributed by atoms with Gasteiger partial charge in [-0.25, -0.2) is 0 Å². The fourth-order valence-electron chi connectivity index (χ4n) is 0.984. The summed E-state index contributed by atoms with van der Waals surface area (Å²) < 4.78 is 0. The topological polar surface area (TPSA) is 36.1 Å². The predicted molar refractivity (Wildman–Crippen MR) is 43.6 cm³/mol. The van der Waals surface area contributed by atoms with Crippen molar-refractivity contribution in [1.29, 1.82) is 0 Å². The van der Waals surface area contributed by atoms with Crippen molar-refractivity contribution in [2.45, 2.75) is 6.54 Å². The predicted octanol–water partition coefficient (Wildman–Crippen LogP) is 0.889. The Balaban J connectivity index is 2.65. The van der Waals surface area contributed by atoms with Crippen LogP contribution in [0, 0.1) is 0 Å². The molecule has 0 aliphatic carbocycles. The summed E-state index contributed by atoms with van der Waals surface area (Å²) in [5.41, 5.74) is 1.78. The first-order chi connectivity index (χ1) is 5.22. The zero-order valence-corrected chi connectivity index (χ0v) is 6.79. The van der Waals surface area contributed by atoms with Gasteiger partial charge in [0.1, 0.15) is 0 Å². The third kappa shape index (κ3) is 2.20. The van der Waals surface area contributed by atoms with Crippen molar-refractivity contribution in [3.05, 3.63) is 23.5 Å². The molecule has 0 bridgehead atoms. The largest absolute Gasteiger partial charge is 0.359 e. The number of aldehydes is 1. The van der Waals surface area contributed by atoms with Gasteiger partial charge in [0.15, 0.2) is 6.29 Å². The van der Waals surface area contributed by atoms with E-state index in [4.69, 9.17) is 0 Å². The summed E-state index contributed by atoms with van der Waals surface area (Å²) >= 11 is 0. The molecule has 0 saturated heterocycles. The third-order valence-corrected chi connectivity index (χ3v) is 1.39. The minimum absolute atomic E-state index is 0.641. The Hall–Kier alpha value is -1.09. The molecular formula is C8H12N2O. The first kappa shape index (κ1) is 8.01. The van der Waals surface area contributed by atoms with Crippen molar-refractivity contribution in [2.75, 3.05) is 14.1 Å². The molecule has 3 heteroatoms. The van der Waals surface area contributed by atoms with Crippen LogP contribution in [0.1, 0.15) is 16.1 Å². The van der Waals surface area contributed by atoms with Crippen molar-refractivity contribution < 1.29 is 4.79 Å². The van der Waals surface area contributed by atoms with Gasteiger partial charge in [-0.3, -0.25) is 4.79 Å². The van der Waals surface area contributed by atoms with Crippen LogP contribution in [-0.2, 0) is 6.54 Å². The average molecular weight is 152 g/mol. The summed E-state index contributed by atoms with van der Waals surface area (Å²) in [6.07, 6.45) is 2.67. The first-order valence-corrected chi connectivity index (χ1v) is 3.49. The maximum atomic E-state index is 10.3. The van der Waals surface area contributed by atoms with Crippen molar-refractivity contribution in [3.63, 3.8) is 0 Å². The smallest absolute Gasteiger partial charge is 0.166 e. The number of aromatic amines is 1. The molecule has 0 fully saturated rings. The highest BCUT2D eigenvalue weighted by molar-refractivity contribution is 5.72. The SMILES string of the molecule is CN(C)Cc1c[nH]c(C=O)c1. The third-order valence-electron chi connectivity index (χ3n) is 1.39. The van der Waals surface area contributed by atoms with Gasteiger partial charge < -0.3 is 9.88 Å². The molecule has 11 heavy (non-hydrogen) atoms. The van der Waals surface area contributed by atoms with E-state index in [2.05, 4.69) is 9.88 Å². The van der Waals surface area contributed by atoms with Gasteiger partial charge in [-0.15, -0.1) is 0 Å². The van der Waals surface area contributed by atoms with E-state index in [9.17, 15) is 4.79 Å². The van der Waals surface area contributed by atoms with E-state index in [-0.39, 0.29) is 0 Å². The van der Waals surface area contributed by atoms with Gasteiger partial charge in [0.2, 0.25) is 0 Å². The molecule has 1 heterocycles. The second-order valence-corrected chi connectivity index (χ2v) is 2.82. The molecular weight excluding hydrogens is 140 g/mol. The second-order valence-electron chi connectivity index (χ2n) is 2.82. The zero-order chi connectivity index (χ0) is 8.27. The Labute approximate surface area is 66.0 Å². The Bertz CT molecular complexity index is 240. The van der Waals surface area contributed by atoms with Crippen LogP contribution >= 0.6 is 0 Å². The van der Waals surface area contributed by atoms with Gasteiger partial charge in [0.25, 0.3) is 0 Å². The van der Waals surface area contributed by atoms with Crippen LogP contribution in [0.3, 0.4) is 0 Å². The fourth-order valence-corrected chi connectivity index (χ4v) is 0.984. The van der Waals surface area contributed by atoms with Crippen molar-refractivity contribution >= 4 is 6.29 Å².